The minimum Gasteiger partial charge on any atom is -0.465 e. The summed E-state index contributed by atoms with van der Waals surface area (Å²) >= 11 is 0. The van der Waals surface area contributed by atoms with E-state index in [1.54, 1.807) is 27.7 Å². The van der Waals surface area contributed by atoms with Gasteiger partial charge in [0, 0.05) is 12.5 Å². The van der Waals surface area contributed by atoms with Gasteiger partial charge in [-0.05, 0) is 52.4 Å². The van der Waals surface area contributed by atoms with E-state index in [0.29, 0.717) is 19.3 Å². The molecule has 0 aromatic carbocycles. The molecule has 1 heterocycles. The summed E-state index contributed by atoms with van der Waals surface area (Å²) in [5.41, 5.74) is -1.01. The van der Waals surface area contributed by atoms with E-state index in [-0.39, 0.29) is 30.1 Å². The van der Waals surface area contributed by atoms with E-state index < -0.39 is 47.7 Å². The predicted molar refractivity (Wildman–Crippen MR) is 125 cm³/mol. The Morgan fingerprint density at radius 2 is 1.74 bits per heavy atom. The lowest BCUT2D eigenvalue weighted by Gasteiger charge is -2.32. The van der Waals surface area contributed by atoms with Crippen LogP contribution in [0.4, 0.5) is 4.79 Å². The number of rotatable bonds is 11. The number of carboxylic acid groups (broad SMARTS) is 1. The molecule has 0 spiro atoms. The molecular weight excluding hydrogens is 444 g/mol. The van der Waals surface area contributed by atoms with Gasteiger partial charge in [0.25, 0.3) is 0 Å². The molecule has 1 aliphatic heterocycles. The molecule has 0 aromatic heterocycles. The van der Waals surface area contributed by atoms with Gasteiger partial charge < -0.3 is 35.9 Å². The van der Waals surface area contributed by atoms with Crippen LogP contribution in [-0.4, -0.2) is 71.6 Å². The summed E-state index contributed by atoms with van der Waals surface area (Å²) in [5, 5.41) is 19.3. The van der Waals surface area contributed by atoms with Gasteiger partial charge in [0.05, 0.1) is 17.7 Å². The predicted octanol–water partition coefficient (Wildman–Crippen LogP) is 0.957. The van der Waals surface area contributed by atoms with Gasteiger partial charge in [-0.2, -0.15) is 0 Å². The maximum absolute atomic E-state index is 13.1. The zero-order valence-corrected chi connectivity index (χ0v) is 21.2. The van der Waals surface area contributed by atoms with Crippen LogP contribution in [0.1, 0.15) is 67.7 Å². The van der Waals surface area contributed by atoms with Gasteiger partial charge >= 0.3 is 6.09 Å². The van der Waals surface area contributed by atoms with Crippen molar-refractivity contribution < 1.29 is 33.8 Å². The van der Waals surface area contributed by atoms with Crippen molar-refractivity contribution in [1.82, 2.24) is 21.3 Å². The number of amides is 4. The van der Waals surface area contributed by atoms with Gasteiger partial charge in [0.15, 0.2) is 0 Å². The van der Waals surface area contributed by atoms with E-state index in [1.165, 1.54) is 0 Å². The summed E-state index contributed by atoms with van der Waals surface area (Å²) in [6, 6.07) is -3.19. The third kappa shape index (κ3) is 10.5. The van der Waals surface area contributed by atoms with Crippen molar-refractivity contribution in [1.29, 1.82) is 0 Å². The van der Waals surface area contributed by atoms with E-state index in [0.717, 1.165) is 0 Å². The zero-order chi connectivity index (χ0) is 26.3. The van der Waals surface area contributed by atoms with E-state index in [9.17, 15) is 29.1 Å². The van der Waals surface area contributed by atoms with Crippen molar-refractivity contribution in [3.8, 4) is 0 Å². The van der Waals surface area contributed by atoms with Gasteiger partial charge in [-0.3, -0.25) is 14.4 Å². The minimum absolute atomic E-state index is 0.156. The number of aldehydes is 1. The third-order valence-corrected chi connectivity index (χ3v) is 5.21. The molecule has 0 bridgehead atoms. The van der Waals surface area contributed by atoms with Crippen molar-refractivity contribution in [3.63, 3.8) is 0 Å². The molecule has 4 unspecified atom stereocenters. The van der Waals surface area contributed by atoms with Crippen LogP contribution in [0.25, 0.3) is 0 Å². The molecular formula is C23H40N4O7. The summed E-state index contributed by atoms with van der Waals surface area (Å²) in [5.74, 6) is -1.83. The molecule has 5 N–H and O–H groups in total. The van der Waals surface area contributed by atoms with Gasteiger partial charge in [0.1, 0.15) is 18.4 Å². The highest BCUT2D eigenvalue weighted by molar-refractivity contribution is 5.92. The molecule has 0 radical (unpaired) electrons. The average Bonchev–Trinajstić information content (AvgIpc) is 3.06. The maximum atomic E-state index is 13.1. The second-order valence-electron chi connectivity index (χ2n) is 11.0. The monoisotopic (exact) mass is 484 g/mol. The fourth-order valence-electron chi connectivity index (χ4n) is 3.85. The van der Waals surface area contributed by atoms with Crippen LogP contribution < -0.4 is 21.3 Å². The highest BCUT2D eigenvalue weighted by Crippen LogP contribution is 2.22. The normalized spacial score (nSPS) is 19.9. The quantitative estimate of drug-likeness (QED) is 0.273. The van der Waals surface area contributed by atoms with Crippen molar-refractivity contribution in [2.45, 2.75) is 97.6 Å². The van der Waals surface area contributed by atoms with Gasteiger partial charge in [-0.1, -0.05) is 20.8 Å². The molecule has 4 amide bonds. The first-order chi connectivity index (χ1) is 15.5. The third-order valence-electron chi connectivity index (χ3n) is 5.21. The first kappa shape index (κ1) is 29.3. The molecule has 0 aromatic rings. The molecule has 1 fully saturated rings. The lowest BCUT2D eigenvalue weighted by Crippen LogP contribution is -2.59. The van der Waals surface area contributed by atoms with Crippen LogP contribution in [0.3, 0.4) is 0 Å². The van der Waals surface area contributed by atoms with E-state index in [2.05, 4.69) is 21.3 Å². The highest BCUT2D eigenvalue weighted by Gasteiger charge is 2.35. The number of carbonyl (C=O) groups is 5. The molecule has 11 nitrogen and oxygen atoms in total. The number of nitrogens with one attached hydrogen (secondary N) is 4. The molecule has 0 aliphatic carbocycles. The van der Waals surface area contributed by atoms with Gasteiger partial charge in [-0.25, -0.2) is 4.79 Å². The smallest absolute Gasteiger partial charge is 0.405 e. The first-order valence-corrected chi connectivity index (χ1v) is 11.5. The fourth-order valence-corrected chi connectivity index (χ4v) is 3.85. The fraction of sp³-hybridized carbons (Fsp3) is 0.783. The summed E-state index contributed by atoms with van der Waals surface area (Å²) in [7, 11) is 0. The molecule has 1 saturated heterocycles. The van der Waals surface area contributed by atoms with Crippen molar-refractivity contribution in [2.75, 3.05) is 6.54 Å². The number of ether oxygens (including phenoxy) is 1. The number of hydrogen-bond donors (Lipinski definition) is 5. The highest BCUT2D eigenvalue weighted by atomic mass is 16.5. The van der Waals surface area contributed by atoms with Gasteiger partial charge in [0.2, 0.25) is 17.7 Å². The minimum atomic E-state index is -1.41. The molecule has 1 aliphatic rings. The Morgan fingerprint density at radius 1 is 1.12 bits per heavy atom. The van der Waals surface area contributed by atoms with E-state index >= 15 is 0 Å². The summed E-state index contributed by atoms with van der Waals surface area (Å²) in [4.78, 5) is 60.9. The van der Waals surface area contributed by atoms with Crippen molar-refractivity contribution in [2.24, 2.45) is 11.3 Å². The zero-order valence-electron chi connectivity index (χ0n) is 21.2. The van der Waals surface area contributed by atoms with E-state index in [1.807, 2.05) is 20.8 Å². The van der Waals surface area contributed by atoms with Crippen LogP contribution >= 0.6 is 0 Å². The standard InChI is InChI=1S/C23H40N4O7/c1-13(34-23(5,6)7)17(27-21(32)33)20(31)26-16(11-22(2,3)4)19(30)25-15(12-28)10-14-8-9-24-18(14)29/h12-17,27H,8-11H2,1-7H3,(H,24,29)(H,25,30)(H,26,31)(H,32,33)/t13?,14-,15?,16?,17?/m0/s1. The SMILES string of the molecule is CC(OC(C)(C)C)C(NC(=O)O)C(=O)NC(CC(C)(C)C)C(=O)NC(C=O)C[C@@H]1CCNC1=O. The van der Waals surface area contributed by atoms with Crippen LogP contribution in [0.5, 0.6) is 0 Å². The molecule has 34 heavy (non-hydrogen) atoms. The largest absolute Gasteiger partial charge is 0.465 e. The summed E-state index contributed by atoms with van der Waals surface area (Å²) in [6.45, 7) is 13.1. The molecule has 194 valence electrons. The van der Waals surface area contributed by atoms with Crippen molar-refractivity contribution in [3.05, 3.63) is 0 Å². The summed E-state index contributed by atoms with van der Waals surface area (Å²) < 4.78 is 5.76. The van der Waals surface area contributed by atoms with Crippen LogP contribution in [0.2, 0.25) is 0 Å². The lowest BCUT2D eigenvalue weighted by molar-refractivity contribution is -0.136. The average molecular weight is 485 g/mol. The second kappa shape index (κ2) is 12.1. The lowest BCUT2D eigenvalue weighted by atomic mass is 9.87. The summed E-state index contributed by atoms with van der Waals surface area (Å²) in [6.07, 6.45) is -0.677. The molecule has 1 rings (SSSR count). The number of hydrogen-bond acceptors (Lipinski definition) is 6. The van der Waals surface area contributed by atoms with Crippen LogP contribution in [0, 0.1) is 11.3 Å². The molecule has 11 heteroatoms. The molecule has 0 saturated carbocycles. The topological polar surface area (TPSA) is 163 Å². The molecule has 5 atom stereocenters. The maximum Gasteiger partial charge on any atom is 0.405 e. The Hall–Kier alpha value is -2.69. The van der Waals surface area contributed by atoms with Crippen molar-refractivity contribution >= 4 is 30.1 Å². The van der Waals surface area contributed by atoms with Crippen LogP contribution in [-0.2, 0) is 23.9 Å². The Labute approximate surface area is 201 Å². The van der Waals surface area contributed by atoms with E-state index in [4.69, 9.17) is 4.74 Å². The Kier molecular flexibility index (Phi) is 10.5. The Bertz CT molecular complexity index is 757. The van der Waals surface area contributed by atoms with Crippen LogP contribution in [0.15, 0.2) is 0 Å². The first-order valence-electron chi connectivity index (χ1n) is 11.5. The Balaban J connectivity index is 3.01. The Morgan fingerprint density at radius 3 is 2.18 bits per heavy atom. The number of carbonyl (C=O) groups excluding carboxylic acids is 4. The second-order valence-corrected chi connectivity index (χ2v) is 11.0. The van der Waals surface area contributed by atoms with Gasteiger partial charge in [-0.15, -0.1) is 0 Å².